The molecule has 0 radical (unpaired) electrons. The van der Waals surface area contributed by atoms with E-state index < -0.39 is 4.92 Å². The zero-order valence-electron chi connectivity index (χ0n) is 16.1. The molecule has 0 amide bonds. The van der Waals surface area contributed by atoms with Crippen molar-refractivity contribution in [2.24, 2.45) is 5.10 Å². The fraction of sp³-hybridized carbons (Fsp3) is 0.211. The van der Waals surface area contributed by atoms with Gasteiger partial charge in [0.2, 0.25) is 0 Å². The van der Waals surface area contributed by atoms with Crippen molar-refractivity contribution >= 4 is 57.7 Å². The fourth-order valence-corrected chi connectivity index (χ4v) is 3.13. The van der Waals surface area contributed by atoms with Gasteiger partial charge in [0.15, 0.2) is 5.84 Å². The van der Waals surface area contributed by atoms with Gasteiger partial charge in [0, 0.05) is 44.0 Å². The van der Waals surface area contributed by atoms with Crippen LogP contribution in [0.2, 0.25) is 0 Å². The van der Waals surface area contributed by atoms with Crippen LogP contribution >= 0.6 is 34.8 Å². The number of hydrogen-bond acceptors (Lipinski definition) is 6. The Balaban J connectivity index is 1.65. The molecule has 2 aromatic carbocycles. The molecule has 0 aliphatic carbocycles. The van der Waals surface area contributed by atoms with E-state index in [0.717, 1.165) is 5.69 Å². The molecule has 0 saturated carbocycles. The number of non-ortho nitro benzene ring substituents is 1. The minimum atomic E-state index is -0.488. The lowest BCUT2D eigenvalue weighted by Gasteiger charge is -2.36. The van der Waals surface area contributed by atoms with Gasteiger partial charge < -0.3 is 10.3 Å². The summed E-state index contributed by atoms with van der Waals surface area (Å²) < 4.78 is 13.0. The van der Waals surface area contributed by atoms with Crippen LogP contribution in [0.15, 0.2) is 63.2 Å². The van der Waals surface area contributed by atoms with Crippen molar-refractivity contribution in [1.29, 1.82) is 0 Å². The molecule has 0 bridgehead atoms. The third-order valence-electron chi connectivity index (χ3n) is 4.48. The number of halogens is 4. The largest absolute Gasteiger partial charge is 0.369 e. The van der Waals surface area contributed by atoms with Crippen molar-refractivity contribution in [3.05, 3.63) is 74.0 Å². The van der Waals surface area contributed by atoms with Gasteiger partial charge in [-0.3, -0.25) is 15.5 Å². The van der Waals surface area contributed by atoms with E-state index in [-0.39, 0.29) is 26.9 Å². The minimum Gasteiger partial charge on any atom is -0.369 e. The number of anilines is 2. The first kappa shape index (κ1) is 23.1. The van der Waals surface area contributed by atoms with Crippen molar-refractivity contribution in [3.8, 4) is 0 Å². The minimum absolute atomic E-state index is 0.0127. The molecule has 164 valence electrons. The lowest BCUT2D eigenvalue weighted by Crippen LogP contribution is -2.54. The van der Waals surface area contributed by atoms with Gasteiger partial charge in [-0.25, -0.2) is 9.40 Å². The molecule has 12 heteroatoms. The predicted octanol–water partition coefficient (Wildman–Crippen LogP) is 4.67. The fourth-order valence-electron chi connectivity index (χ4n) is 2.87. The number of amidine groups is 1. The van der Waals surface area contributed by atoms with E-state index in [1.807, 2.05) is 5.01 Å². The first-order valence-corrected chi connectivity index (χ1v) is 10.3. The van der Waals surface area contributed by atoms with Crippen LogP contribution in [0.3, 0.4) is 0 Å². The van der Waals surface area contributed by atoms with Crippen LogP contribution in [0.1, 0.15) is 0 Å². The Hall–Kier alpha value is -2.59. The van der Waals surface area contributed by atoms with E-state index in [0.29, 0.717) is 31.9 Å². The van der Waals surface area contributed by atoms with Gasteiger partial charge in [-0.15, -0.1) is 0 Å². The summed E-state index contributed by atoms with van der Waals surface area (Å²) in [5.41, 5.74) is 7.28. The van der Waals surface area contributed by atoms with Crippen LogP contribution in [-0.2, 0) is 0 Å². The summed E-state index contributed by atoms with van der Waals surface area (Å²) in [6, 6.07) is 12.1. The molecule has 2 N–H and O–H groups in total. The average Bonchev–Trinajstić information content (AvgIpc) is 2.77. The number of hydrazine groups is 1. The Morgan fingerprint density at radius 2 is 1.61 bits per heavy atom. The molecule has 0 unspecified atom stereocenters. The first-order chi connectivity index (χ1) is 14.8. The molecule has 1 saturated heterocycles. The monoisotopic (exact) mass is 486 g/mol. The number of nitrogens with zero attached hydrogens (tertiary/aromatic N) is 4. The van der Waals surface area contributed by atoms with Gasteiger partial charge in [0.1, 0.15) is 15.3 Å². The van der Waals surface area contributed by atoms with Gasteiger partial charge in [0.25, 0.3) is 5.69 Å². The Labute approximate surface area is 193 Å². The molecule has 1 aliphatic rings. The van der Waals surface area contributed by atoms with Crippen molar-refractivity contribution < 1.29 is 9.31 Å². The topological polar surface area (TPSA) is 86.0 Å². The lowest BCUT2D eigenvalue weighted by molar-refractivity contribution is -0.384. The number of piperazine rings is 1. The normalized spacial score (nSPS) is 14.8. The molecule has 2 aromatic rings. The van der Waals surface area contributed by atoms with Gasteiger partial charge in [0.05, 0.1) is 10.6 Å². The van der Waals surface area contributed by atoms with E-state index in [1.54, 1.807) is 12.1 Å². The maximum atomic E-state index is 13.1. The van der Waals surface area contributed by atoms with Gasteiger partial charge in [-0.05, 0) is 36.4 Å². The van der Waals surface area contributed by atoms with Crippen LogP contribution in [-0.4, -0.2) is 41.9 Å². The maximum Gasteiger partial charge on any atom is 0.269 e. The first-order valence-electron chi connectivity index (χ1n) is 9.15. The Bertz CT molecular complexity index is 973. The van der Waals surface area contributed by atoms with Crippen LogP contribution in [0.25, 0.3) is 0 Å². The standard InChI is InChI=1S/C19H18Cl3FN6O2/c20-17(18(21)22)19(25-24-14-3-7-16(8-4-14)29(30)31)26-28-11-9-27(10-12-28)15-5-1-13(23)2-6-15/h1-8,24H,9-12H2,(H,25,26). The van der Waals surface area contributed by atoms with Crippen molar-refractivity contribution in [2.75, 3.05) is 36.5 Å². The predicted molar refractivity (Wildman–Crippen MR) is 122 cm³/mol. The van der Waals surface area contributed by atoms with E-state index in [2.05, 4.69) is 20.9 Å². The van der Waals surface area contributed by atoms with Crippen molar-refractivity contribution in [1.82, 2.24) is 10.4 Å². The van der Waals surface area contributed by atoms with Gasteiger partial charge >= 0.3 is 0 Å². The number of benzene rings is 2. The summed E-state index contributed by atoms with van der Waals surface area (Å²) in [7, 11) is 0. The lowest BCUT2D eigenvalue weighted by atomic mass is 10.2. The highest BCUT2D eigenvalue weighted by Crippen LogP contribution is 2.21. The summed E-state index contributed by atoms with van der Waals surface area (Å²) in [6.07, 6.45) is 0. The zero-order valence-corrected chi connectivity index (χ0v) is 18.3. The SMILES string of the molecule is O=[N+]([O-])c1ccc(N/N=C(\NN2CCN(c3ccc(F)cc3)CC2)C(Cl)=C(Cl)Cl)cc1. The number of nitro groups is 1. The second kappa shape index (κ2) is 10.6. The van der Waals surface area contributed by atoms with Gasteiger partial charge in [-0.2, -0.15) is 5.10 Å². The summed E-state index contributed by atoms with van der Waals surface area (Å²) in [4.78, 5) is 12.4. The van der Waals surface area contributed by atoms with E-state index in [1.165, 1.54) is 36.4 Å². The maximum absolute atomic E-state index is 13.1. The summed E-state index contributed by atoms with van der Waals surface area (Å²) in [5, 5.41) is 16.9. The smallest absolute Gasteiger partial charge is 0.269 e. The Kier molecular flexibility index (Phi) is 7.91. The highest BCUT2D eigenvalue weighted by Gasteiger charge is 2.20. The second-order valence-electron chi connectivity index (χ2n) is 6.51. The molecule has 3 rings (SSSR count). The van der Waals surface area contributed by atoms with Crippen molar-refractivity contribution in [3.63, 3.8) is 0 Å². The highest BCUT2D eigenvalue weighted by molar-refractivity contribution is 6.62. The molecule has 0 atom stereocenters. The van der Waals surface area contributed by atoms with Crippen molar-refractivity contribution in [2.45, 2.75) is 0 Å². The zero-order chi connectivity index (χ0) is 22.4. The number of hydrogen-bond donors (Lipinski definition) is 2. The summed E-state index contributed by atoms with van der Waals surface area (Å²) >= 11 is 17.8. The van der Waals surface area contributed by atoms with Crippen LogP contribution in [0.4, 0.5) is 21.5 Å². The average molecular weight is 488 g/mol. The molecular formula is C19H18Cl3FN6O2. The van der Waals surface area contributed by atoms with E-state index in [9.17, 15) is 14.5 Å². The summed E-state index contributed by atoms with van der Waals surface area (Å²) in [5.74, 6) is -0.0833. The number of nitro benzene ring substituents is 1. The van der Waals surface area contributed by atoms with E-state index >= 15 is 0 Å². The highest BCUT2D eigenvalue weighted by atomic mass is 35.5. The number of hydrazone groups is 1. The van der Waals surface area contributed by atoms with E-state index in [4.69, 9.17) is 34.8 Å². The number of nitrogens with one attached hydrogen (secondary N) is 2. The number of rotatable bonds is 6. The Morgan fingerprint density at radius 1 is 1.00 bits per heavy atom. The molecule has 1 aliphatic heterocycles. The summed E-state index contributed by atoms with van der Waals surface area (Å²) in [6.45, 7) is 2.63. The molecule has 0 spiro atoms. The Morgan fingerprint density at radius 3 is 2.16 bits per heavy atom. The van der Waals surface area contributed by atoms with Crippen LogP contribution in [0.5, 0.6) is 0 Å². The molecule has 1 fully saturated rings. The second-order valence-corrected chi connectivity index (χ2v) is 7.84. The van der Waals surface area contributed by atoms with Crippen LogP contribution in [0, 0.1) is 15.9 Å². The quantitative estimate of drug-likeness (QED) is 0.266. The molecule has 8 nitrogen and oxygen atoms in total. The van der Waals surface area contributed by atoms with Gasteiger partial charge in [-0.1, -0.05) is 34.8 Å². The molecule has 1 heterocycles. The molecular weight excluding hydrogens is 470 g/mol. The third kappa shape index (κ3) is 6.44. The van der Waals surface area contributed by atoms with Crippen LogP contribution < -0.4 is 15.8 Å². The third-order valence-corrected chi connectivity index (χ3v) is 5.42. The molecule has 31 heavy (non-hydrogen) atoms. The molecule has 0 aromatic heterocycles.